The zero-order valence-corrected chi connectivity index (χ0v) is 19.2. The highest BCUT2D eigenvalue weighted by Crippen LogP contribution is 2.37. The van der Waals surface area contributed by atoms with E-state index in [1.807, 2.05) is 42.5 Å². The Morgan fingerprint density at radius 1 is 1.06 bits per heavy atom. The molecule has 1 aromatic heterocycles. The summed E-state index contributed by atoms with van der Waals surface area (Å²) >= 11 is 9.65. The van der Waals surface area contributed by atoms with E-state index >= 15 is 0 Å². The molecule has 5 rings (SSSR count). The molecule has 0 aliphatic heterocycles. The Bertz CT molecular complexity index is 1500. The monoisotopic (exact) mass is 506 g/mol. The predicted octanol–water partition coefficient (Wildman–Crippen LogP) is 7.32. The molecule has 1 amide bonds. The smallest absolute Gasteiger partial charge is 0.259 e. The first-order chi connectivity index (χ1) is 15.5. The number of oxazole rings is 1. The molecule has 0 spiro atoms. The number of benzene rings is 4. The number of fused-ring (bicyclic) bond motifs is 2. The summed E-state index contributed by atoms with van der Waals surface area (Å²) in [6.45, 7) is 0. The minimum absolute atomic E-state index is 0.286. The Balaban J connectivity index is 1.49. The van der Waals surface area contributed by atoms with Crippen LogP contribution in [-0.2, 0) is 0 Å². The van der Waals surface area contributed by atoms with Crippen molar-refractivity contribution in [3.63, 3.8) is 0 Å². The highest BCUT2D eigenvalue weighted by Gasteiger charge is 2.19. The van der Waals surface area contributed by atoms with Crippen LogP contribution in [0.1, 0.15) is 10.4 Å². The summed E-state index contributed by atoms with van der Waals surface area (Å²) in [5.41, 5.74) is 3.05. The van der Waals surface area contributed by atoms with Gasteiger partial charge in [-0.3, -0.25) is 4.79 Å². The van der Waals surface area contributed by atoms with E-state index in [0.717, 1.165) is 20.8 Å². The fraction of sp³-hybridized carbons (Fsp3) is 0.0400. The van der Waals surface area contributed by atoms with Crippen LogP contribution < -0.4 is 10.1 Å². The second-order valence-electron chi connectivity index (χ2n) is 7.16. The number of rotatable bonds is 4. The van der Waals surface area contributed by atoms with Crippen molar-refractivity contribution in [3.05, 3.63) is 87.9 Å². The molecule has 0 unspecified atom stereocenters. The summed E-state index contributed by atoms with van der Waals surface area (Å²) in [6.07, 6.45) is 0. The molecule has 1 heterocycles. The van der Waals surface area contributed by atoms with Crippen LogP contribution in [-0.4, -0.2) is 18.0 Å². The van der Waals surface area contributed by atoms with Crippen LogP contribution in [0.3, 0.4) is 0 Å². The SMILES string of the molecule is COc1c(C(=O)Nc2ccc3oc(-c4cccc(Cl)c4)nc3c2)cc2ccccc2c1Br. The van der Waals surface area contributed by atoms with E-state index in [-0.39, 0.29) is 5.91 Å². The number of hydrogen-bond acceptors (Lipinski definition) is 4. The van der Waals surface area contributed by atoms with Crippen LogP contribution in [0.25, 0.3) is 33.3 Å². The van der Waals surface area contributed by atoms with Gasteiger partial charge in [-0.2, -0.15) is 0 Å². The molecule has 0 atom stereocenters. The van der Waals surface area contributed by atoms with E-state index in [0.29, 0.717) is 39.0 Å². The molecule has 0 radical (unpaired) electrons. The molecule has 0 bridgehead atoms. The quantitative estimate of drug-likeness (QED) is 0.277. The lowest BCUT2D eigenvalue weighted by molar-refractivity contribution is 0.102. The Morgan fingerprint density at radius 2 is 1.91 bits per heavy atom. The van der Waals surface area contributed by atoms with E-state index in [4.69, 9.17) is 20.8 Å². The average molecular weight is 508 g/mol. The fourth-order valence-electron chi connectivity index (χ4n) is 3.60. The Hall–Kier alpha value is -3.35. The van der Waals surface area contributed by atoms with Gasteiger partial charge in [-0.05, 0) is 69.2 Å². The first-order valence-electron chi connectivity index (χ1n) is 9.76. The van der Waals surface area contributed by atoms with Gasteiger partial charge in [0.2, 0.25) is 5.89 Å². The summed E-state index contributed by atoms with van der Waals surface area (Å²) in [5, 5.41) is 5.44. The Kier molecular flexibility index (Phi) is 5.33. The van der Waals surface area contributed by atoms with Gasteiger partial charge in [0.05, 0.1) is 17.1 Å². The number of halogens is 2. The number of nitrogens with zero attached hydrogens (tertiary/aromatic N) is 1. The minimum atomic E-state index is -0.286. The lowest BCUT2D eigenvalue weighted by atomic mass is 10.1. The average Bonchev–Trinajstić information content (AvgIpc) is 3.22. The summed E-state index contributed by atoms with van der Waals surface area (Å²) in [6, 6.07) is 22.2. The number of carbonyl (C=O) groups excluding carboxylic acids is 1. The standard InChI is InChI=1S/C25H16BrClN2O3/c1-31-23-19(12-14-5-2-3-8-18(14)22(23)26)24(30)28-17-9-10-21-20(13-17)29-25(32-21)15-6-4-7-16(27)11-15/h2-13H,1H3,(H,28,30). The topological polar surface area (TPSA) is 64.4 Å². The molecule has 4 aromatic carbocycles. The fourth-order valence-corrected chi connectivity index (χ4v) is 4.53. The highest BCUT2D eigenvalue weighted by atomic mass is 79.9. The maximum atomic E-state index is 13.1. The summed E-state index contributed by atoms with van der Waals surface area (Å²) < 4.78 is 12.1. The lowest BCUT2D eigenvalue weighted by Crippen LogP contribution is -2.13. The van der Waals surface area contributed by atoms with Gasteiger partial charge in [-0.15, -0.1) is 0 Å². The van der Waals surface area contributed by atoms with Crippen molar-refractivity contribution in [2.24, 2.45) is 0 Å². The van der Waals surface area contributed by atoms with Crippen molar-refractivity contribution in [1.29, 1.82) is 0 Å². The van der Waals surface area contributed by atoms with E-state index < -0.39 is 0 Å². The van der Waals surface area contributed by atoms with Gasteiger partial charge in [0.25, 0.3) is 5.91 Å². The largest absolute Gasteiger partial charge is 0.495 e. The molecule has 32 heavy (non-hydrogen) atoms. The molecule has 158 valence electrons. The van der Waals surface area contributed by atoms with Gasteiger partial charge in [-0.1, -0.05) is 41.9 Å². The maximum Gasteiger partial charge on any atom is 0.259 e. The Labute approximate surface area is 197 Å². The van der Waals surface area contributed by atoms with Crippen molar-refractivity contribution >= 4 is 61.0 Å². The van der Waals surface area contributed by atoms with Gasteiger partial charge in [0, 0.05) is 16.3 Å². The van der Waals surface area contributed by atoms with Gasteiger partial charge in [0.15, 0.2) is 5.58 Å². The summed E-state index contributed by atoms with van der Waals surface area (Å²) in [4.78, 5) is 17.7. The molecule has 0 saturated heterocycles. The number of anilines is 1. The second-order valence-corrected chi connectivity index (χ2v) is 8.39. The van der Waals surface area contributed by atoms with Gasteiger partial charge < -0.3 is 14.5 Å². The number of nitrogens with one attached hydrogen (secondary N) is 1. The number of hydrogen-bond donors (Lipinski definition) is 1. The van der Waals surface area contributed by atoms with Crippen LogP contribution in [0.2, 0.25) is 5.02 Å². The van der Waals surface area contributed by atoms with Crippen molar-refractivity contribution in [2.75, 3.05) is 12.4 Å². The van der Waals surface area contributed by atoms with Gasteiger partial charge in [-0.25, -0.2) is 4.98 Å². The first kappa shape index (κ1) is 20.5. The summed E-state index contributed by atoms with van der Waals surface area (Å²) in [5.74, 6) is 0.657. The van der Waals surface area contributed by atoms with Crippen molar-refractivity contribution in [1.82, 2.24) is 4.98 Å². The predicted molar refractivity (Wildman–Crippen MR) is 131 cm³/mol. The van der Waals surface area contributed by atoms with Crippen LogP contribution in [0, 0.1) is 0 Å². The van der Waals surface area contributed by atoms with Crippen molar-refractivity contribution in [2.45, 2.75) is 0 Å². The third kappa shape index (κ3) is 3.72. The van der Waals surface area contributed by atoms with E-state index in [1.54, 1.807) is 37.4 Å². The third-order valence-corrected chi connectivity index (χ3v) is 6.13. The molecule has 0 aliphatic rings. The molecule has 0 saturated carbocycles. The molecule has 7 heteroatoms. The number of aromatic nitrogens is 1. The van der Waals surface area contributed by atoms with Gasteiger partial charge >= 0.3 is 0 Å². The van der Waals surface area contributed by atoms with Crippen molar-refractivity contribution in [3.8, 4) is 17.2 Å². The van der Waals surface area contributed by atoms with Crippen LogP contribution in [0.5, 0.6) is 5.75 Å². The number of amides is 1. The van der Waals surface area contributed by atoms with Gasteiger partial charge in [0.1, 0.15) is 11.3 Å². The maximum absolute atomic E-state index is 13.1. The molecular weight excluding hydrogens is 492 g/mol. The minimum Gasteiger partial charge on any atom is -0.495 e. The Morgan fingerprint density at radius 3 is 2.72 bits per heavy atom. The van der Waals surface area contributed by atoms with Crippen LogP contribution in [0.4, 0.5) is 5.69 Å². The first-order valence-corrected chi connectivity index (χ1v) is 10.9. The number of ether oxygens (including phenoxy) is 1. The van der Waals surface area contributed by atoms with E-state index in [2.05, 4.69) is 26.2 Å². The molecule has 0 fully saturated rings. The van der Waals surface area contributed by atoms with Crippen molar-refractivity contribution < 1.29 is 13.9 Å². The zero-order chi connectivity index (χ0) is 22.2. The normalized spacial score (nSPS) is 11.1. The molecule has 5 aromatic rings. The highest BCUT2D eigenvalue weighted by molar-refractivity contribution is 9.10. The van der Waals surface area contributed by atoms with E-state index in [9.17, 15) is 4.79 Å². The summed E-state index contributed by atoms with van der Waals surface area (Å²) in [7, 11) is 1.55. The second kappa shape index (κ2) is 8.30. The molecule has 5 nitrogen and oxygen atoms in total. The lowest BCUT2D eigenvalue weighted by Gasteiger charge is -2.13. The number of methoxy groups -OCH3 is 1. The number of carbonyl (C=O) groups is 1. The third-order valence-electron chi connectivity index (χ3n) is 5.11. The molecule has 0 aliphatic carbocycles. The zero-order valence-electron chi connectivity index (χ0n) is 16.9. The molecule has 1 N–H and O–H groups in total. The van der Waals surface area contributed by atoms with Crippen LogP contribution >= 0.6 is 27.5 Å². The molecular formula is C25H16BrClN2O3. The van der Waals surface area contributed by atoms with Crippen LogP contribution in [0.15, 0.2) is 81.7 Å². The van der Waals surface area contributed by atoms with E-state index in [1.165, 1.54) is 0 Å².